The molecule has 0 rings (SSSR count). The standard InChI is InChI=1S/C9H13ClF3NO4/c1-8(2,9(11,12)13)18-4-5(6(15)3-10)14-7(16)17/h5,14H,3-4H2,1-2H3,(H,16,17)/t5-/m0/s1. The van der Waals surface area contributed by atoms with E-state index >= 15 is 0 Å². The van der Waals surface area contributed by atoms with E-state index in [0.29, 0.717) is 0 Å². The first kappa shape index (κ1) is 17.0. The fourth-order valence-corrected chi connectivity index (χ4v) is 1.02. The van der Waals surface area contributed by atoms with Crippen LogP contribution in [-0.4, -0.2) is 47.3 Å². The summed E-state index contributed by atoms with van der Waals surface area (Å²) in [7, 11) is 0. The molecule has 5 nitrogen and oxygen atoms in total. The Morgan fingerprint density at radius 3 is 2.22 bits per heavy atom. The lowest BCUT2D eigenvalue weighted by atomic mass is 10.1. The van der Waals surface area contributed by atoms with Gasteiger partial charge in [-0.05, 0) is 13.8 Å². The average Bonchev–Trinajstić information content (AvgIpc) is 2.21. The molecule has 106 valence electrons. The fraction of sp³-hybridized carbons (Fsp3) is 0.778. The lowest BCUT2D eigenvalue weighted by Crippen LogP contribution is -2.49. The lowest BCUT2D eigenvalue weighted by molar-refractivity contribution is -0.264. The van der Waals surface area contributed by atoms with Crippen molar-refractivity contribution >= 4 is 23.5 Å². The summed E-state index contributed by atoms with van der Waals surface area (Å²) in [6.07, 6.45) is -6.18. The summed E-state index contributed by atoms with van der Waals surface area (Å²) in [4.78, 5) is 21.6. The van der Waals surface area contributed by atoms with Crippen molar-refractivity contribution in [2.75, 3.05) is 12.5 Å². The largest absolute Gasteiger partial charge is 0.465 e. The highest BCUT2D eigenvalue weighted by molar-refractivity contribution is 6.28. The van der Waals surface area contributed by atoms with Crippen LogP contribution in [0.25, 0.3) is 0 Å². The molecule has 0 bridgehead atoms. The molecule has 1 atom stereocenters. The summed E-state index contributed by atoms with van der Waals surface area (Å²) < 4.78 is 41.9. The van der Waals surface area contributed by atoms with Gasteiger partial charge in [-0.3, -0.25) is 4.79 Å². The Bertz CT molecular complexity index is 319. The topological polar surface area (TPSA) is 75.6 Å². The lowest BCUT2D eigenvalue weighted by Gasteiger charge is -2.29. The van der Waals surface area contributed by atoms with Crippen molar-refractivity contribution in [3.05, 3.63) is 0 Å². The molecule has 0 unspecified atom stereocenters. The third-order valence-corrected chi connectivity index (χ3v) is 2.38. The Hall–Kier alpha value is -1.02. The van der Waals surface area contributed by atoms with Crippen LogP contribution >= 0.6 is 11.6 Å². The van der Waals surface area contributed by atoms with Crippen LogP contribution in [0, 0.1) is 0 Å². The second-order valence-electron chi connectivity index (χ2n) is 3.92. The minimum atomic E-state index is -4.63. The van der Waals surface area contributed by atoms with Crippen LogP contribution in [0.15, 0.2) is 0 Å². The molecule has 0 aromatic rings. The summed E-state index contributed by atoms with van der Waals surface area (Å²) >= 11 is 5.21. The molecule has 9 heteroatoms. The van der Waals surface area contributed by atoms with E-state index in [4.69, 9.17) is 16.7 Å². The Balaban J connectivity index is 4.62. The van der Waals surface area contributed by atoms with E-state index in [9.17, 15) is 22.8 Å². The van der Waals surface area contributed by atoms with Gasteiger partial charge in [-0.2, -0.15) is 13.2 Å². The summed E-state index contributed by atoms with van der Waals surface area (Å²) in [6, 6.07) is -1.43. The molecule has 0 aromatic carbocycles. The summed E-state index contributed by atoms with van der Waals surface area (Å²) in [5, 5.41) is 10.2. The minimum Gasteiger partial charge on any atom is -0.465 e. The molecule has 0 spiro atoms. The van der Waals surface area contributed by atoms with Gasteiger partial charge in [-0.1, -0.05) is 0 Å². The molecular formula is C9H13ClF3NO4. The van der Waals surface area contributed by atoms with E-state index in [1.165, 1.54) is 0 Å². The fourth-order valence-electron chi connectivity index (χ4n) is 0.831. The minimum absolute atomic E-state index is 0.527. The van der Waals surface area contributed by atoms with Crippen LogP contribution in [0.5, 0.6) is 0 Å². The number of carbonyl (C=O) groups is 2. The van der Waals surface area contributed by atoms with E-state index < -0.39 is 42.2 Å². The average molecular weight is 292 g/mol. The maximum atomic E-state index is 12.5. The predicted molar refractivity (Wildman–Crippen MR) is 56.8 cm³/mol. The first-order valence-electron chi connectivity index (χ1n) is 4.80. The molecule has 0 aliphatic carbocycles. The number of alkyl halides is 4. The van der Waals surface area contributed by atoms with Gasteiger partial charge in [0.15, 0.2) is 11.4 Å². The van der Waals surface area contributed by atoms with Crippen molar-refractivity contribution in [2.45, 2.75) is 31.7 Å². The molecule has 0 aliphatic rings. The quantitative estimate of drug-likeness (QED) is 0.732. The van der Waals surface area contributed by atoms with Crippen LogP contribution in [0.1, 0.15) is 13.8 Å². The molecule has 0 aliphatic heterocycles. The number of ether oxygens (including phenoxy) is 1. The van der Waals surface area contributed by atoms with Crippen molar-refractivity contribution in [3.63, 3.8) is 0 Å². The third-order valence-electron chi connectivity index (χ3n) is 2.11. The van der Waals surface area contributed by atoms with Gasteiger partial charge in [0.25, 0.3) is 0 Å². The molecule has 18 heavy (non-hydrogen) atoms. The number of carboxylic acid groups (broad SMARTS) is 1. The summed E-state index contributed by atoms with van der Waals surface area (Å²) in [5.74, 6) is -1.29. The number of nitrogens with one attached hydrogen (secondary N) is 1. The maximum Gasteiger partial charge on any atom is 0.416 e. The summed E-state index contributed by atoms with van der Waals surface area (Å²) in [6.45, 7) is 0.802. The molecule has 0 saturated carbocycles. The van der Waals surface area contributed by atoms with Gasteiger partial charge in [-0.25, -0.2) is 4.79 Å². The molecule has 0 saturated heterocycles. The zero-order chi connectivity index (χ0) is 14.6. The van der Waals surface area contributed by atoms with Crippen LogP contribution in [0.2, 0.25) is 0 Å². The van der Waals surface area contributed by atoms with E-state index in [2.05, 4.69) is 4.74 Å². The molecule has 0 heterocycles. The monoisotopic (exact) mass is 291 g/mol. The maximum absolute atomic E-state index is 12.5. The second-order valence-corrected chi connectivity index (χ2v) is 4.19. The zero-order valence-electron chi connectivity index (χ0n) is 9.68. The van der Waals surface area contributed by atoms with Crippen LogP contribution in [0.3, 0.4) is 0 Å². The van der Waals surface area contributed by atoms with Crippen LogP contribution in [0.4, 0.5) is 18.0 Å². The molecule has 2 N–H and O–H groups in total. The molecule has 0 aromatic heterocycles. The Morgan fingerprint density at radius 2 is 1.89 bits per heavy atom. The van der Waals surface area contributed by atoms with Crippen molar-refractivity contribution in [3.8, 4) is 0 Å². The highest BCUT2D eigenvalue weighted by Crippen LogP contribution is 2.32. The van der Waals surface area contributed by atoms with Crippen molar-refractivity contribution in [1.82, 2.24) is 5.32 Å². The SMILES string of the molecule is CC(C)(OC[C@H](NC(=O)O)C(=O)CCl)C(F)(F)F. The van der Waals surface area contributed by atoms with Gasteiger partial charge in [-0.15, -0.1) is 11.6 Å². The Kier molecular flexibility index (Phi) is 5.88. The van der Waals surface area contributed by atoms with E-state index in [1.54, 1.807) is 5.32 Å². The number of hydrogen-bond donors (Lipinski definition) is 2. The van der Waals surface area contributed by atoms with E-state index in [-0.39, 0.29) is 0 Å². The van der Waals surface area contributed by atoms with Crippen molar-refractivity contribution < 1.29 is 32.6 Å². The van der Waals surface area contributed by atoms with Gasteiger partial charge in [0.05, 0.1) is 12.5 Å². The van der Waals surface area contributed by atoms with Gasteiger partial charge in [0.2, 0.25) is 0 Å². The molecule has 0 radical (unpaired) electrons. The first-order chi connectivity index (χ1) is 8.01. The number of amides is 1. The normalized spacial score (nSPS) is 14.1. The highest BCUT2D eigenvalue weighted by atomic mass is 35.5. The number of ketones is 1. The number of halogens is 4. The number of carbonyl (C=O) groups excluding carboxylic acids is 1. The predicted octanol–water partition coefficient (Wildman–Crippen LogP) is 1.79. The van der Waals surface area contributed by atoms with E-state index in [1.807, 2.05) is 0 Å². The molecule has 1 amide bonds. The van der Waals surface area contributed by atoms with Gasteiger partial charge in [0, 0.05) is 0 Å². The van der Waals surface area contributed by atoms with E-state index in [0.717, 1.165) is 13.8 Å². The Labute approximate surface area is 106 Å². The van der Waals surface area contributed by atoms with Crippen LogP contribution < -0.4 is 5.32 Å². The van der Waals surface area contributed by atoms with Gasteiger partial charge >= 0.3 is 12.3 Å². The van der Waals surface area contributed by atoms with Crippen LogP contribution in [-0.2, 0) is 9.53 Å². The van der Waals surface area contributed by atoms with Gasteiger partial charge < -0.3 is 15.2 Å². The third kappa shape index (κ3) is 5.09. The second kappa shape index (κ2) is 6.24. The first-order valence-corrected chi connectivity index (χ1v) is 5.33. The molecular weight excluding hydrogens is 279 g/mol. The zero-order valence-corrected chi connectivity index (χ0v) is 10.4. The van der Waals surface area contributed by atoms with Crippen molar-refractivity contribution in [2.24, 2.45) is 0 Å². The number of hydrogen-bond acceptors (Lipinski definition) is 3. The Morgan fingerprint density at radius 1 is 1.39 bits per heavy atom. The van der Waals surface area contributed by atoms with Crippen molar-refractivity contribution in [1.29, 1.82) is 0 Å². The number of Topliss-reactive ketones (excluding diaryl/α,β-unsaturated/α-hetero) is 1. The van der Waals surface area contributed by atoms with Gasteiger partial charge in [0.1, 0.15) is 6.04 Å². The highest BCUT2D eigenvalue weighted by Gasteiger charge is 2.49. The number of rotatable bonds is 6. The summed E-state index contributed by atoms with van der Waals surface area (Å²) in [5.41, 5.74) is -2.49. The molecule has 0 fully saturated rings. The smallest absolute Gasteiger partial charge is 0.416 e.